The van der Waals surface area contributed by atoms with Crippen molar-refractivity contribution in [1.82, 2.24) is 0 Å². The molecule has 0 fully saturated rings. The van der Waals surface area contributed by atoms with Crippen molar-refractivity contribution in [3.63, 3.8) is 0 Å². The summed E-state index contributed by atoms with van der Waals surface area (Å²) >= 11 is 0. The molecular formula is C11H13F2OSi. The van der Waals surface area contributed by atoms with Gasteiger partial charge in [-0.2, -0.15) is 0 Å². The number of rotatable bonds is 4. The van der Waals surface area contributed by atoms with Crippen molar-refractivity contribution in [2.45, 2.75) is 32.3 Å². The zero-order chi connectivity index (χ0) is 11.5. The summed E-state index contributed by atoms with van der Waals surface area (Å²) in [6.45, 7) is 3.79. The number of hydrogen-bond acceptors (Lipinski definition) is 1. The smallest absolute Gasteiger partial charge is 0.247 e. The van der Waals surface area contributed by atoms with E-state index in [2.05, 4.69) is 10.5 Å². The molecule has 0 aliphatic heterocycles. The Morgan fingerprint density at radius 3 is 2.27 bits per heavy atom. The van der Waals surface area contributed by atoms with E-state index in [1.807, 2.05) is 13.8 Å². The average molecular weight is 227 g/mol. The normalized spacial score (nSPS) is 11.8. The maximum Gasteiger partial charge on any atom is 0.247 e. The first kappa shape index (κ1) is 12.3. The molecule has 1 rings (SSSR count). The Kier molecular flexibility index (Phi) is 3.99. The summed E-state index contributed by atoms with van der Waals surface area (Å²) in [5, 5.41) is 0. The standard InChI is InChI=1S/C11H13F2OSi/c1-3-11(4-2,14-15)9-6-5-8(12)7-10(9)13/h5-7H,3-4H2,1-2H3. The van der Waals surface area contributed by atoms with Crippen LogP contribution in [0.3, 0.4) is 0 Å². The topological polar surface area (TPSA) is 9.23 Å². The first-order valence-corrected chi connectivity index (χ1v) is 5.30. The number of benzene rings is 1. The zero-order valence-electron chi connectivity index (χ0n) is 8.81. The summed E-state index contributed by atoms with van der Waals surface area (Å²) < 4.78 is 31.5. The SMILES string of the molecule is CCC(CC)(O[Si])c1ccc(F)cc1F. The van der Waals surface area contributed by atoms with Gasteiger partial charge in [-0.05, 0) is 18.9 Å². The average Bonchev–Trinajstić information content (AvgIpc) is 2.23. The van der Waals surface area contributed by atoms with E-state index in [-0.39, 0.29) is 0 Å². The number of hydrogen-bond donors (Lipinski definition) is 0. The maximum absolute atomic E-state index is 13.6. The molecule has 1 nitrogen and oxygen atoms in total. The van der Waals surface area contributed by atoms with Crippen LogP contribution in [0.4, 0.5) is 8.78 Å². The molecule has 1 aromatic rings. The molecule has 0 heterocycles. The van der Waals surface area contributed by atoms with Gasteiger partial charge in [-0.3, -0.25) is 0 Å². The molecule has 81 valence electrons. The lowest BCUT2D eigenvalue weighted by Crippen LogP contribution is -2.28. The van der Waals surface area contributed by atoms with Gasteiger partial charge in [0.1, 0.15) is 11.6 Å². The molecule has 0 aliphatic carbocycles. The Morgan fingerprint density at radius 1 is 1.27 bits per heavy atom. The number of halogens is 2. The van der Waals surface area contributed by atoms with Crippen LogP contribution in [0.5, 0.6) is 0 Å². The summed E-state index contributed by atoms with van der Waals surface area (Å²) in [6.07, 6.45) is 1.21. The van der Waals surface area contributed by atoms with Crippen LogP contribution in [0.2, 0.25) is 0 Å². The minimum absolute atomic E-state index is 0.379. The largest absolute Gasteiger partial charge is 0.409 e. The van der Waals surface area contributed by atoms with Crippen LogP contribution in [-0.2, 0) is 10.0 Å². The Balaban J connectivity index is 3.22. The molecule has 0 aromatic heterocycles. The molecule has 0 saturated heterocycles. The van der Waals surface area contributed by atoms with Gasteiger partial charge in [-0.1, -0.05) is 19.9 Å². The van der Waals surface area contributed by atoms with Gasteiger partial charge >= 0.3 is 0 Å². The Bertz CT molecular complexity index is 329. The van der Waals surface area contributed by atoms with Gasteiger partial charge in [-0.25, -0.2) is 8.78 Å². The molecule has 0 unspecified atom stereocenters. The van der Waals surface area contributed by atoms with E-state index in [9.17, 15) is 8.78 Å². The molecule has 0 bridgehead atoms. The van der Waals surface area contributed by atoms with Gasteiger partial charge in [0.15, 0.2) is 0 Å². The molecule has 3 radical (unpaired) electrons. The van der Waals surface area contributed by atoms with Crippen molar-refractivity contribution in [3.05, 3.63) is 35.4 Å². The molecule has 0 N–H and O–H groups in total. The van der Waals surface area contributed by atoms with E-state index in [0.29, 0.717) is 18.4 Å². The summed E-state index contributed by atoms with van der Waals surface area (Å²) in [7, 11) is 2.97. The summed E-state index contributed by atoms with van der Waals surface area (Å²) in [6, 6.07) is 3.54. The van der Waals surface area contributed by atoms with Crippen molar-refractivity contribution in [2.75, 3.05) is 0 Å². The van der Waals surface area contributed by atoms with Gasteiger partial charge in [0.05, 0.1) is 5.60 Å². The van der Waals surface area contributed by atoms with Crippen LogP contribution in [-0.4, -0.2) is 10.5 Å². The molecule has 0 saturated carbocycles. The monoisotopic (exact) mass is 227 g/mol. The van der Waals surface area contributed by atoms with Crippen LogP contribution in [0.15, 0.2) is 18.2 Å². The van der Waals surface area contributed by atoms with E-state index in [1.165, 1.54) is 12.1 Å². The summed E-state index contributed by atoms with van der Waals surface area (Å²) in [5.74, 6) is -1.15. The van der Waals surface area contributed by atoms with Gasteiger partial charge in [0, 0.05) is 11.6 Å². The Morgan fingerprint density at radius 2 is 1.87 bits per heavy atom. The van der Waals surface area contributed by atoms with E-state index < -0.39 is 17.2 Å². The van der Waals surface area contributed by atoms with Crippen molar-refractivity contribution >= 4 is 10.5 Å². The highest BCUT2D eigenvalue weighted by molar-refractivity contribution is 5.98. The van der Waals surface area contributed by atoms with Crippen LogP contribution in [0.25, 0.3) is 0 Å². The minimum Gasteiger partial charge on any atom is -0.409 e. The fraction of sp³-hybridized carbons (Fsp3) is 0.455. The predicted octanol–water partition coefficient (Wildman–Crippen LogP) is 3.08. The highest BCUT2D eigenvalue weighted by Gasteiger charge is 2.30. The fourth-order valence-corrected chi connectivity index (χ4v) is 2.09. The molecule has 0 atom stereocenters. The molecule has 15 heavy (non-hydrogen) atoms. The van der Waals surface area contributed by atoms with E-state index in [1.54, 1.807) is 0 Å². The highest BCUT2D eigenvalue weighted by atomic mass is 28.2. The molecule has 4 heteroatoms. The summed E-state index contributed by atoms with van der Waals surface area (Å²) in [4.78, 5) is 0. The van der Waals surface area contributed by atoms with Gasteiger partial charge < -0.3 is 4.43 Å². The van der Waals surface area contributed by atoms with Crippen LogP contribution in [0.1, 0.15) is 32.3 Å². The zero-order valence-corrected chi connectivity index (χ0v) is 9.81. The molecule has 0 aliphatic rings. The first-order valence-electron chi connectivity index (χ1n) is 4.90. The van der Waals surface area contributed by atoms with E-state index >= 15 is 0 Å². The maximum atomic E-state index is 13.6. The van der Waals surface area contributed by atoms with Crippen LogP contribution in [0, 0.1) is 11.6 Å². The van der Waals surface area contributed by atoms with E-state index in [4.69, 9.17) is 4.43 Å². The Hall–Kier alpha value is -0.743. The second kappa shape index (κ2) is 4.85. The van der Waals surface area contributed by atoms with E-state index in [0.717, 1.165) is 6.07 Å². The second-order valence-corrected chi connectivity index (χ2v) is 3.63. The van der Waals surface area contributed by atoms with Crippen LogP contribution < -0.4 is 0 Å². The fourth-order valence-electron chi connectivity index (χ4n) is 1.69. The lowest BCUT2D eigenvalue weighted by molar-refractivity contribution is 0.0643. The highest BCUT2D eigenvalue weighted by Crippen LogP contribution is 2.33. The lowest BCUT2D eigenvalue weighted by Gasteiger charge is -2.31. The minimum atomic E-state index is -0.728. The van der Waals surface area contributed by atoms with Crippen molar-refractivity contribution in [3.8, 4) is 0 Å². The quantitative estimate of drug-likeness (QED) is 0.718. The Labute approximate surface area is 92.0 Å². The first-order chi connectivity index (χ1) is 7.09. The van der Waals surface area contributed by atoms with Crippen molar-refractivity contribution in [2.24, 2.45) is 0 Å². The third-order valence-electron chi connectivity index (χ3n) is 2.76. The van der Waals surface area contributed by atoms with Crippen LogP contribution >= 0.6 is 0 Å². The molecule has 1 aromatic carbocycles. The predicted molar refractivity (Wildman–Crippen MR) is 55.5 cm³/mol. The van der Waals surface area contributed by atoms with Crippen molar-refractivity contribution < 1.29 is 13.2 Å². The molecular weight excluding hydrogens is 214 g/mol. The van der Waals surface area contributed by atoms with Crippen molar-refractivity contribution in [1.29, 1.82) is 0 Å². The second-order valence-electron chi connectivity index (χ2n) is 3.43. The summed E-state index contributed by atoms with van der Waals surface area (Å²) in [5.41, 5.74) is -0.349. The van der Waals surface area contributed by atoms with Gasteiger partial charge in [0.2, 0.25) is 10.5 Å². The molecule has 0 spiro atoms. The lowest BCUT2D eigenvalue weighted by atomic mass is 9.88. The van der Waals surface area contributed by atoms with Gasteiger partial charge in [0.25, 0.3) is 0 Å². The molecule has 0 amide bonds. The third kappa shape index (κ3) is 2.26. The third-order valence-corrected chi connectivity index (χ3v) is 3.15. The van der Waals surface area contributed by atoms with Gasteiger partial charge in [-0.15, -0.1) is 0 Å².